The first-order chi connectivity index (χ1) is 13.9. The number of benzene rings is 3. The van der Waals surface area contributed by atoms with Crippen LogP contribution in [-0.4, -0.2) is 17.6 Å². The van der Waals surface area contributed by atoms with E-state index in [0.29, 0.717) is 27.0 Å². The Morgan fingerprint density at radius 1 is 0.862 bits per heavy atom. The molecular weight excluding hydrogens is 427 g/mol. The number of anilines is 2. The summed E-state index contributed by atoms with van der Waals surface area (Å²) in [5.41, 5.74) is 2.94. The average Bonchev–Trinajstić information content (AvgIpc) is 2.70. The fourth-order valence-electron chi connectivity index (χ4n) is 2.54. The van der Waals surface area contributed by atoms with Crippen molar-refractivity contribution in [1.29, 1.82) is 0 Å². The first-order valence-corrected chi connectivity index (χ1v) is 10.5. The first kappa shape index (κ1) is 21.2. The van der Waals surface area contributed by atoms with Crippen LogP contribution in [0.1, 0.15) is 15.9 Å². The molecule has 0 saturated heterocycles. The highest BCUT2D eigenvalue weighted by Gasteiger charge is 2.08. The van der Waals surface area contributed by atoms with Crippen LogP contribution in [0.25, 0.3) is 0 Å². The predicted molar refractivity (Wildman–Crippen MR) is 121 cm³/mol. The molecule has 0 aliphatic rings. The number of aryl methyl sites for hydroxylation is 1. The Hall–Kier alpha value is -2.47. The van der Waals surface area contributed by atoms with E-state index in [9.17, 15) is 9.59 Å². The minimum absolute atomic E-state index is 0.148. The number of halogens is 2. The molecule has 2 N–H and O–H groups in total. The lowest BCUT2D eigenvalue weighted by molar-refractivity contribution is -0.113. The molecular formula is C22H18Cl2N2O2S. The van der Waals surface area contributed by atoms with E-state index in [1.807, 2.05) is 49.4 Å². The molecule has 0 bridgehead atoms. The zero-order valence-corrected chi connectivity index (χ0v) is 17.9. The molecule has 4 nitrogen and oxygen atoms in total. The maximum Gasteiger partial charge on any atom is 0.255 e. The van der Waals surface area contributed by atoms with E-state index in [1.54, 1.807) is 24.3 Å². The van der Waals surface area contributed by atoms with Gasteiger partial charge < -0.3 is 10.6 Å². The second-order valence-corrected chi connectivity index (χ2v) is 8.18. The molecule has 7 heteroatoms. The van der Waals surface area contributed by atoms with E-state index in [-0.39, 0.29) is 17.6 Å². The van der Waals surface area contributed by atoms with Gasteiger partial charge >= 0.3 is 0 Å². The summed E-state index contributed by atoms with van der Waals surface area (Å²) in [6.07, 6.45) is 0. The molecule has 3 aromatic rings. The monoisotopic (exact) mass is 444 g/mol. The van der Waals surface area contributed by atoms with E-state index >= 15 is 0 Å². The molecule has 0 aliphatic carbocycles. The van der Waals surface area contributed by atoms with Crippen molar-refractivity contribution in [3.05, 3.63) is 87.9 Å². The van der Waals surface area contributed by atoms with Crippen LogP contribution in [0.4, 0.5) is 11.4 Å². The number of hydrogen-bond donors (Lipinski definition) is 2. The van der Waals surface area contributed by atoms with E-state index in [1.165, 1.54) is 11.8 Å². The molecule has 3 aromatic carbocycles. The highest BCUT2D eigenvalue weighted by atomic mass is 35.5. The standard InChI is InChI=1S/C22H18Cl2N2O2S/c1-14-3-2-4-15(11-14)22(28)26-16-5-8-18(9-6-16)29-13-21(27)25-17-7-10-19(23)20(24)12-17/h2-12H,13H2,1H3,(H,25,27)(H,26,28). The number of nitrogens with one attached hydrogen (secondary N) is 2. The molecule has 148 valence electrons. The summed E-state index contributed by atoms with van der Waals surface area (Å²) < 4.78 is 0. The largest absolute Gasteiger partial charge is 0.325 e. The number of carbonyl (C=O) groups is 2. The van der Waals surface area contributed by atoms with Crippen LogP contribution >= 0.6 is 35.0 Å². The Labute approximate surface area is 183 Å². The summed E-state index contributed by atoms with van der Waals surface area (Å²) in [7, 11) is 0. The van der Waals surface area contributed by atoms with Gasteiger partial charge in [-0.15, -0.1) is 11.8 Å². The second kappa shape index (κ2) is 9.83. The lowest BCUT2D eigenvalue weighted by Crippen LogP contribution is -2.14. The quantitative estimate of drug-likeness (QED) is 0.439. The van der Waals surface area contributed by atoms with Crippen molar-refractivity contribution in [2.75, 3.05) is 16.4 Å². The predicted octanol–water partition coefficient (Wildman–Crippen LogP) is 6.28. The minimum Gasteiger partial charge on any atom is -0.325 e. The fourth-order valence-corrected chi connectivity index (χ4v) is 3.54. The van der Waals surface area contributed by atoms with E-state index in [0.717, 1.165) is 10.5 Å². The van der Waals surface area contributed by atoms with E-state index in [2.05, 4.69) is 10.6 Å². The van der Waals surface area contributed by atoms with Crippen LogP contribution in [0, 0.1) is 6.92 Å². The van der Waals surface area contributed by atoms with Crippen molar-refractivity contribution < 1.29 is 9.59 Å². The Balaban J connectivity index is 1.51. The van der Waals surface area contributed by atoms with Crippen LogP contribution in [0.3, 0.4) is 0 Å². The Bertz CT molecular complexity index is 1040. The van der Waals surface area contributed by atoms with Crippen molar-refractivity contribution in [1.82, 2.24) is 0 Å². The van der Waals surface area contributed by atoms with E-state index < -0.39 is 0 Å². The average molecular weight is 445 g/mol. The smallest absolute Gasteiger partial charge is 0.255 e. The highest BCUT2D eigenvalue weighted by molar-refractivity contribution is 8.00. The van der Waals surface area contributed by atoms with Crippen LogP contribution < -0.4 is 10.6 Å². The lowest BCUT2D eigenvalue weighted by atomic mass is 10.1. The molecule has 0 radical (unpaired) electrons. The lowest BCUT2D eigenvalue weighted by Gasteiger charge is -2.08. The van der Waals surface area contributed by atoms with Crippen molar-refractivity contribution >= 4 is 58.2 Å². The SMILES string of the molecule is Cc1cccc(C(=O)Nc2ccc(SCC(=O)Nc3ccc(Cl)c(Cl)c3)cc2)c1. The molecule has 0 saturated carbocycles. The normalized spacial score (nSPS) is 10.4. The maximum atomic E-state index is 12.3. The maximum absolute atomic E-state index is 12.3. The van der Waals surface area contributed by atoms with Crippen LogP contribution in [0.2, 0.25) is 10.0 Å². The van der Waals surface area contributed by atoms with Crippen LogP contribution in [0.15, 0.2) is 71.6 Å². The zero-order valence-electron chi connectivity index (χ0n) is 15.5. The van der Waals surface area contributed by atoms with Crippen LogP contribution in [0.5, 0.6) is 0 Å². The minimum atomic E-state index is -0.157. The zero-order chi connectivity index (χ0) is 20.8. The van der Waals surface area contributed by atoms with Gasteiger partial charge in [0.25, 0.3) is 5.91 Å². The third kappa shape index (κ3) is 6.26. The summed E-state index contributed by atoms with van der Waals surface area (Å²) in [6.45, 7) is 1.94. The molecule has 29 heavy (non-hydrogen) atoms. The van der Waals surface area contributed by atoms with Crippen molar-refractivity contribution in [3.8, 4) is 0 Å². The van der Waals surface area contributed by atoms with Gasteiger partial charge in [-0.3, -0.25) is 9.59 Å². The number of thioether (sulfide) groups is 1. The Morgan fingerprint density at radius 3 is 2.28 bits per heavy atom. The summed E-state index contributed by atoms with van der Waals surface area (Å²) in [4.78, 5) is 25.3. The van der Waals surface area contributed by atoms with Crippen molar-refractivity contribution in [2.24, 2.45) is 0 Å². The van der Waals surface area contributed by atoms with Gasteiger partial charge in [0.2, 0.25) is 5.91 Å². The number of carbonyl (C=O) groups excluding carboxylic acids is 2. The number of hydrogen-bond acceptors (Lipinski definition) is 3. The van der Waals surface area contributed by atoms with Gasteiger partial charge in [0.05, 0.1) is 15.8 Å². The molecule has 0 spiro atoms. The third-order valence-electron chi connectivity index (χ3n) is 3.97. The first-order valence-electron chi connectivity index (χ1n) is 8.76. The van der Waals surface area contributed by atoms with Crippen molar-refractivity contribution in [3.63, 3.8) is 0 Å². The second-order valence-electron chi connectivity index (χ2n) is 6.31. The van der Waals surface area contributed by atoms with E-state index in [4.69, 9.17) is 23.2 Å². The van der Waals surface area contributed by atoms with Gasteiger partial charge in [-0.25, -0.2) is 0 Å². The summed E-state index contributed by atoms with van der Waals surface area (Å²) in [6, 6.07) is 19.7. The van der Waals surface area contributed by atoms with Crippen LogP contribution in [-0.2, 0) is 4.79 Å². The summed E-state index contributed by atoms with van der Waals surface area (Å²) >= 11 is 13.2. The number of amides is 2. The topological polar surface area (TPSA) is 58.2 Å². The molecule has 0 unspecified atom stereocenters. The summed E-state index contributed by atoms with van der Waals surface area (Å²) in [5, 5.41) is 6.48. The Morgan fingerprint density at radius 2 is 1.59 bits per heavy atom. The van der Waals surface area contributed by atoms with Gasteiger partial charge in [-0.2, -0.15) is 0 Å². The number of rotatable bonds is 6. The molecule has 0 aliphatic heterocycles. The molecule has 0 fully saturated rings. The van der Waals surface area contributed by atoms with Gasteiger partial charge in [0.15, 0.2) is 0 Å². The van der Waals surface area contributed by atoms with Gasteiger partial charge in [-0.1, -0.05) is 40.9 Å². The highest BCUT2D eigenvalue weighted by Crippen LogP contribution is 2.26. The molecule has 0 heterocycles. The summed E-state index contributed by atoms with van der Waals surface area (Å²) in [5.74, 6) is -0.0600. The fraction of sp³-hybridized carbons (Fsp3) is 0.0909. The molecule has 0 aromatic heterocycles. The molecule has 3 rings (SSSR count). The third-order valence-corrected chi connectivity index (χ3v) is 5.72. The Kier molecular flexibility index (Phi) is 7.20. The van der Waals surface area contributed by atoms with Gasteiger partial charge in [0.1, 0.15) is 0 Å². The molecule has 2 amide bonds. The molecule has 0 atom stereocenters. The van der Waals surface area contributed by atoms with Gasteiger partial charge in [-0.05, 0) is 61.5 Å². The van der Waals surface area contributed by atoms with Crippen molar-refractivity contribution in [2.45, 2.75) is 11.8 Å². The van der Waals surface area contributed by atoms with Gasteiger partial charge in [0, 0.05) is 21.8 Å².